The maximum absolute atomic E-state index is 12.2. The number of hydrogen-bond acceptors (Lipinski definition) is 4. The average Bonchev–Trinajstić information content (AvgIpc) is 2.93. The van der Waals surface area contributed by atoms with E-state index in [1.54, 1.807) is 19.1 Å². The molecular formula is C11H14BrNO3S. The van der Waals surface area contributed by atoms with Crippen LogP contribution in [-0.4, -0.2) is 50.3 Å². The molecule has 1 fully saturated rings. The fraction of sp³-hybridized carbons (Fsp3) is 0.545. The summed E-state index contributed by atoms with van der Waals surface area (Å²) in [5, 5.41) is 1.86. The summed E-state index contributed by atoms with van der Waals surface area (Å²) in [6.07, 6.45) is -0.0722. The standard InChI is InChI=1S/C11H14BrNO3S/c1-15-8-4-13(5-9(8)16-2)11(14)7-3-10(12)17-6-7/h3,6,8-9H,4-5H2,1-2H3. The minimum absolute atomic E-state index is 0.0357. The molecule has 1 aliphatic rings. The van der Waals surface area contributed by atoms with Crippen molar-refractivity contribution < 1.29 is 14.3 Å². The molecule has 0 N–H and O–H groups in total. The van der Waals surface area contributed by atoms with E-state index in [1.165, 1.54) is 11.3 Å². The summed E-state index contributed by atoms with van der Waals surface area (Å²) in [6.45, 7) is 1.17. The van der Waals surface area contributed by atoms with E-state index < -0.39 is 0 Å². The second kappa shape index (κ2) is 5.48. The molecular weight excluding hydrogens is 306 g/mol. The van der Waals surface area contributed by atoms with E-state index in [0.29, 0.717) is 18.7 Å². The van der Waals surface area contributed by atoms with Crippen molar-refractivity contribution in [2.45, 2.75) is 12.2 Å². The summed E-state index contributed by atoms with van der Waals surface area (Å²) in [5.74, 6) is 0.0357. The van der Waals surface area contributed by atoms with Crippen LogP contribution in [0.4, 0.5) is 0 Å². The summed E-state index contributed by atoms with van der Waals surface area (Å²) in [5.41, 5.74) is 0.716. The van der Waals surface area contributed by atoms with Crippen molar-refractivity contribution in [2.75, 3.05) is 27.3 Å². The first-order valence-corrected chi connectivity index (χ1v) is 6.92. The molecule has 2 rings (SSSR count). The summed E-state index contributed by atoms with van der Waals surface area (Å²) in [7, 11) is 3.29. The molecule has 2 atom stereocenters. The fourth-order valence-corrected chi connectivity index (χ4v) is 3.10. The number of halogens is 1. The van der Waals surface area contributed by atoms with Crippen LogP contribution >= 0.6 is 27.3 Å². The average molecular weight is 320 g/mol. The number of rotatable bonds is 3. The molecule has 0 bridgehead atoms. The van der Waals surface area contributed by atoms with Gasteiger partial charge in [0.15, 0.2) is 0 Å². The Morgan fingerprint density at radius 2 is 2.00 bits per heavy atom. The van der Waals surface area contributed by atoms with Crippen LogP contribution in [0.2, 0.25) is 0 Å². The molecule has 0 aromatic carbocycles. The van der Waals surface area contributed by atoms with E-state index >= 15 is 0 Å². The largest absolute Gasteiger partial charge is 0.377 e. The van der Waals surface area contributed by atoms with Gasteiger partial charge in [-0.25, -0.2) is 0 Å². The molecule has 0 spiro atoms. The zero-order chi connectivity index (χ0) is 12.4. The third-order valence-electron chi connectivity index (χ3n) is 2.92. The molecule has 94 valence electrons. The lowest BCUT2D eigenvalue weighted by molar-refractivity contribution is -0.00461. The molecule has 1 aromatic rings. The molecule has 1 saturated heterocycles. The van der Waals surface area contributed by atoms with E-state index in [0.717, 1.165) is 3.79 Å². The molecule has 17 heavy (non-hydrogen) atoms. The van der Waals surface area contributed by atoms with Crippen molar-refractivity contribution in [1.82, 2.24) is 4.90 Å². The molecule has 6 heteroatoms. The van der Waals surface area contributed by atoms with Gasteiger partial charge >= 0.3 is 0 Å². The topological polar surface area (TPSA) is 38.8 Å². The van der Waals surface area contributed by atoms with Gasteiger partial charge in [-0.2, -0.15) is 0 Å². The fourth-order valence-electron chi connectivity index (χ4n) is 1.97. The zero-order valence-corrected chi connectivity index (χ0v) is 12.1. The molecule has 0 saturated carbocycles. The first-order valence-electron chi connectivity index (χ1n) is 5.24. The second-order valence-electron chi connectivity index (χ2n) is 3.90. The number of carbonyl (C=O) groups excluding carboxylic acids is 1. The van der Waals surface area contributed by atoms with Crippen LogP contribution in [0.1, 0.15) is 10.4 Å². The highest BCUT2D eigenvalue weighted by atomic mass is 79.9. The number of methoxy groups -OCH3 is 2. The number of carbonyl (C=O) groups is 1. The van der Waals surface area contributed by atoms with Gasteiger partial charge in [0.25, 0.3) is 5.91 Å². The Morgan fingerprint density at radius 1 is 1.41 bits per heavy atom. The van der Waals surface area contributed by atoms with Crippen molar-refractivity contribution >= 4 is 33.2 Å². The van der Waals surface area contributed by atoms with Gasteiger partial charge in [0.2, 0.25) is 0 Å². The molecule has 1 aromatic heterocycles. The Hall–Kier alpha value is -0.430. The van der Waals surface area contributed by atoms with Crippen LogP contribution in [-0.2, 0) is 9.47 Å². The maximum atomic E-state index is 12.2. The van der Waals surface area contributed by atoms with Crippen molar-refractivity contribution in [3.05, 3.63) is 20.8 Å². The summed E-state index contributed by atoms with van der Waals surface area (Å²) in [6, 6.07) is 1.84. The van der Waals surface area contributed by atoms with Crippen LogP contribution in [0.25, 0.3) is 0 Å². The highest BCUT2D eigenvalue weighted by Crippen LogP contribution is 2.24. The number of likely N-dealkylation sites (tertiary alicyclic amines) is 1. The summed E-state index contributed by atoms with van der Waals surface area (Å²) in [4.78, 5) is 14.0. The zero-order valence-electron chi connectivity index (χ0n) is 9.68. The van der Waals surface area contributed by atoms with Gasteiger partial charge in [-0.1, -0.05) is 0 Å². The molecule has 0 aliphatic carbocycles. The van der Waals surface area contributed by atoms with Crippen molar-refractivity contribution in [3.63, 3.8) is 0 Å². The van der Waals surface area contributed by atoms with Crippen LogP contribution < -0.4 is 0 Å². The van der Waals surface area contributed by atoms with E-state index in [-0.39, 0.29) is 18.1 Å². The normalized spacial score (nSPS) is 24.3. The number of amides is 1. The lowest BCUT2D eigenvalue weighted by Gasteiger charge is -2.14. The minimum Gasteiger partial charge on any atom is -0.377 e. The van der Waals surface area contributed by atoms with Gasteiger partial charge in [0.1, 0.15) is 12.2 Å². The van der Waals surface area contributed by atoms with Crippen molar-refractivity contribution in [1.29, 1.82) is 0 Å². The number of hydrogen-bond donors (Lipinski definition) is 0. The van der Waals surface area contributed by atoms with Crippen LogP contribution in [0.3, 0.4) is 0 Å². The first-order chi connectivity index (χ1) is 8.15. The first kappa shape index (κ1) is 13.0. The number of ether oxygens (including phenoxy) is 2. The highest BCUT2D eigenvalue weighted by Gasteiger charge is 2.35. The Kier molecular flexibility index (Phi) is 4.19. The summed E-state index contributed by atoms with van der Waals surface area (Å²) >= 11 is 4.87. The molecule has 1 amide bonds. The Balaban J connectivity index is 2.07. The van der Waals surface area contributed by atoms with Gasteiger partial charge in [0, 0.05) is 32.7 Å². The Labute approximate surface area is 113 Å². The van der Waals surface area contributed by atoms with E-state index in [1.807, 2.05) is 11.4 Å². The van der Waals surface area contributed by atoms with Crippen LogP contribution in [0, 0.1) is 0 Å². The molecule has 1 aliphatic heterocycles. The predicted molar refractivity (Wildman–Crippen MR) is 69.5 cm³/mol. The lowest BCUT2D eigenvalue weighted by atomic mass is 10.3. The van der Waals surface area contributed by atoms with E-state index in [2.05, 4.69) is 15.9 Å². The third kappa shape index (κ3) is 2.70. The van der Waals surface area contributed by atoms with Crippen LogP contribution in [0.15, 0.2) is 15.2 Å². The molecule has 2 unspecified atom stereocenters. The second-order valence-corrected chi connectivity index (χ2v) is 6.19. The van der Waals surface area contributed by atoms with E-state index in [4.69, 9.17) is 9.47 Å². The quantitative estimate of drug-likeness (QED) is 0.855. The highest BCUT2D eigenvalue weighted by molar-refractivity contribution is 9.11. The molecule has 4 nitrogen and oxygen atoms in total. The maximum Gasteiger partial charge on any atom is 0.254 e. The predicted octanol–water partition coefficient (Wildman–Crippen LogP) is 2.00. The summed E-state index contributed by atoms with van der Waals surface area (Å²) < 4.78 is 11.6. The monoisotopic (exact) mass is 319 g/mol. The lowest BCUT2D eigenvalue weighted by Crippen LogP contribution is -2.29. The SMILES string of the molecule is COC1CN(C(=O)c2csc(Br)c2)CC1OC. The van der Waals surface area contributed by atoms with E-state index in [9.17, 15) is 4.79 Å². The van der Waals surface area contributed by atoms with Crippen molar-refractivity contribution in [3.8, 4) is 0 Å². The molecule has 0 radical (unpaired) electrons. The van der Waals surface area contributed by atoms with Gasteiger partial charge < -0.3 is 14.4 Å². The Bertz CT molecular complexity index is 397. The third-order valence-corrected chi connectivity index (χ3v) is 4.43. The minimum atomic E-state index is -0.0361. The van der Waals surface area contributed by atoms with Crippen molar-refractivity contribution in [2.24, 2.45) is 0 Å². The van der Waals surface area contributed by atoms with Gasteiger partial charge in [-0.05, 0) is 22.0 Å². The molecule has 2 heterocycles. The smallest absolute Gasteiger partial charge is 0.254 e. The van der Waals surface area contributed by atoms with Crippen LogP contribution in [0.5, 0.6) is 0 Å². The number of thiophene rings is 1. The number of nitrogens with zero attached hydrogens (tertiary/aromatic N) is 1. The van der Waals surface area contributed by atoms with Gasteiger partial charge in [-0.15, -0.1) is 11.3 Å². The van der Waals surface area contributed by atoms with Gasteiger partial charge in [0.05, 0.1) is 9.35 Å². The van der Waals surface area contributed by atoms with Gasteiger partial charge in [-0.3, -0.25) is 4.79 Å². The Morgan fingerprint density at radius 3 is 2.41 bits per heavy atom.